The van der Waals surface area contributed by atoms with Crippen molar-refractivity contribution < 1.29 is 22.7 Å². The summed E-state index contributed by atoms with van der Waals surface area (Å²) in [5.74, 6) is 0. The molecule has 0 unspecified atom stereocenters. The SMILES string of the molecule is O=C(NCCN1CCOCC1)Nc1cc(C(F)(F)F)ccc1N1CCCC1. The zero-order valence-electron chi connectivity index (χ0n) is 15.1. The zero-order valence-corrected chi connectivity index (χ0v) is 15.1. The van der Waals surface area contributed by atoms with Crippen LogP contribution in [0.4, 0.5) is 29.3 Å². The van der Waals surface area contributed by atoms with Crippen LogP contribution >= 0.6 is 0 Å². The summed E-state index contributed by atoms with van der Waals surface area (Å²) in [6.45, 7) is 5.64. The van der Waals surface area contributed by atoms with E-state index in [0.29, 0.717) is 32.0 Å². The highest BCUT2D eigenvalue weighted by Gasteiger charge is 2.32. The predicted molar refractivity (Wildman–Crippen MR) is 97.2 cm³/mol. The normalized spacial score (nSPS) is 18.6. The molecule has 1 aromatic carbocycles. The number of nitrogens with zero attached hydrogens (tertiary/aromatic N) is 2. The van der Waals surface area contributed by atoms with Crippen molar-refractivity contribution in [2.75, 3.05) is 62.7 Å². The highest BCUT2D eigenvalue weighted by Crippen LogP contribution is 2.36. The number of hydrogen-bond acceptors (Lipinski definition) is 4. The number of anilines is 2. The number of amides is 2. The summed E-state index contributed by atoms with van der Waals surface area (Å²) in [5.41, 5.74) is 0.0495. The van der Waals surface area contributed by atoms with E-state index in [0.717, 1.165) is 51.2 Å². The topological polar surface area (TPSA) is 56.8 Å². The Balaban J connectivity index is 1.62. The number of carbonyl (C=O) groups excluding carboxylic acids is 1. The minimum absolute atomic E-state index is 0.190. The van der Waals surface area contributed by atoms with E-state index in [1.807, 2.05) is 4.90 Å². The number of ether oxygens (including phenoxy) is 1. The fraction of sp³-hybridized carbons (Fsp3) is 0.611. The second-order valence-electron chi connectivity index (χ2n) is 6.76. The lowest BCUT2D eigenvalue weighted by Gasteiger charge is -2.26. The van der Waals surface area contributed by atoms with Gasteiger partial charge in [0.15, 0.2) is 0 Å². The van der Waals surface area contributed by atoms with Gasteiger partial charge in [-0.1, -0.05) is 0 Å². The van der Waals surface area contributed by atoms with Gasteiger partial charge >= 0.3 is 12.2 Å². The van der Waals surface area contributed by atoms with Gasteiger partial charge < -0.3 is 20.3 Å². The molecule has 3 rings (SSSR count). The summed E-state index contributed by atoms with van der Waals surface area (Å²) in [4.78, 5) is 16.4. The lowest BCUT2D eigenvalue weighted by Crippen LogP contribution is -2.42. The molecular formula is C18H25F3N4O2. The van der Waals surface area contributed by atoms with Crippen LogP contribution in [0, 0.1) is 0 Å². The van der Waals surface area contributed by atoms with Gasteiger partial charge in [-0.25, -0.2) is 4.79 Å². The van der Waals surface area contributed by atoms with Crippen LogP contribution in [0.1, 0.15) is 18.4 Å². The summed E-state index contributed by atoms with van der Waals surface area (Å²) >= 11 is 0. The van der Waals surface area contributed by atoms with Crippen molar-refractivity contribution >= 4 is 17.4 Å². The number of nitrogens with one attached hydrogen (secondary N) is 2. The van der Waals surface area contributed by atoms with E-state index in [4.69, 9.17) is 4.74 Å². The first-order valence-corrected chi connectivity index (χ1v) is 9.24. The van der Waals surface area contributed by atoms with Crippen LogP contribution < -0.4 is 15.5 Å². The van der Waals surface area contributed by atoms with Crippen LogP contribution in [0.15, 0.2) is 18.2 Å². The van der Waals surface area contributed by atoms with Gasteiger partial charge in [0, 0.05) is 39.3 Å². The summed E-state index contributed by atoms with van der Waals surface area (Å²) in [5, 5.41) is 5.32. The largest absolute Gasteiger partial charge is 0.416 e. The maximum Gasteiger partial charge on any atom is 0.416 e. The molecular weight excluding hydrogens is 361 g/mol. The molecule has 2 saturated heterocycles. The molecule has 2 fully saturated rings. The fourth-order valence-corrected chi connectivity index (χ4v) is 3.37. The van der Waals surface area contributed by atoms with Crippen molar-refractivity contribution in [2.24, 2.45) is 0 Å². The molecule has 2 heterocycles. The minimum Gasteiger partial charge on any atom is -0.379 e. The standard InChI is InChI=1S/C18H25F3N4O2/c19-18(20,21)14-3-4-16(25-6-1-2-7-25)15(13-14)23-17(26)22-5-8-24-9-11-27-12-10-24/h3-4,13H,1-2,5-12H2,(H2,22,23,26). The molecule has 0 atom stereocenters. The monoisotopic (exact) mass is 386 g/mol. The quantitative estimate of drug-likeness (QED) is 0.817. The summed E-state index contributed by atoms with van der Waals surface area (Å²) in [6.07, 6.45) is -2.47. The van der Waals surface area contributed by atoms with Gasteiger partial charge in [-0.3, -0.25) is 4.90 Å². The summed E-state index contributed by atoms with van der Waals surface area (Å²) < 4.78 is 44.5. The van der Waals surface area contributed by atoms with Crippen LogP contribution in [0.5, 0.6) is 0 Å². The maximum atomic E-state index is 13.1. The highest BCUT2D eigenvalue weighted by molar-refractivity contribution is 5.93. The van der Waals surface area contributed by atoms with E-state index in [1.165, 1.54) is 6.07 Å². The van der Waals surface area contributed by atoms with E-state index in [9.17, 15) is 18.0 Å². The van der Waals surface area contributed by atoms with Crippen molar-refractivity contribution in [3.63, 3.8) is 0 Å². The lowest BCUT2D eigenvalue weighted by atomic mass is 10.1. The smallest absolute Gasteiger partial charge is 0.379 e. The fourth-order valence-electron chi connectivity index (χ4n) is 3.37. The van der Waals surface area contributed by atoms with E-state index >= 15 is 0 Å². The third-order valence-corrected chi connectivity index (χ3v) is 4.84. The highest BCUT2D eigenvalue weighted by atomic mass is 19.4. The molecule has 0 aromatic heterocycles. The second kappa shape index (κ2) is 8.79. The van der Waals surface area contributed by atoms with Crippen molar-refractivity contribution in [2.45, 2.75) is 19.0 Å². The summed E-state index contributed by atoms with van der Waals surface area (Å²) in [7, 11) is 0. The molecule has 2 amide bonds. The number of benzene rings is 1. The van der Waals surface area contributed by atoms with E-state index < -0.39 is 17.8 Å². The molecule has 150 valence electrons. The van der Waals surface area contributed by atoms with Crippen LogP contribution in [0.25, 0.3) is 0 Å². The molecule has 1 aromatic rings. The van der Waals surface area contributed by atoms with Gasteiger partial charge in [-0.05, 0) is 31.0 Å². The Labute approximate surface area is 156 Å². The molecule has 2 aliphatic heterocycles. The van der Waals surface area contributed by atoms with Gasteiger partial charge in [-0.2, -0.15) is 13.2 Å². The van der Waals surface area contributed by atoms with E-state index in [1.54, 1.807) is 0 Å². The minimum atomic E-state index is -4.45. The van der Waals surface area contributed by atoms with Gasteiger partial charge in [0.2, 0.25) is 0 Å². The molecule has 9 heteroatoms. The van der Waals surface area contributed by atoms with Gasteiger partial charge in [0.1, 0.15) is 0 Å². The number of carbonyl (C=O) groups is 1. The number of hydrogen-bond donors (Lipinski definition) is 2. The average molecular weight is 386 g/mol. The summed E-state index contributed by atoms with van der Waals surface area (Å²) in [6, 6.07) is 3.02. The van der Waals surface area contributed by atoms with Gasteiger partial charge in [0.05, 0.1) is 30.2 Å². The first-order valence-electron chi connectivity index (χ1n) is 9.24. The van der Waals surface area contributed by atoms with Gasteiger partial charge in [-0.15, -0.1) is 0 Å². The number of halogens is 3. The molecule has 0 aliphatic carbocycles. The number of alkyl halides is 3. The third kappa shape index (κ3) is 5.49. The van der Waals surface area contributed by atoms with Crippen LogP contribution in [-0.2, 0) is 10.9 Å². The molecule has 6 nitrogen and oxygen atoms in total. The Morgan fingerprint density at radius 1 is 1.11 bits per heavy atom. The Bertz CT molecular complexity index is 642. The Morgan fingerprint density at radius 2 is 1.81 bits per heavy atom. The predicted octanol–water partition coefficient (Wildman–Crippen LogP) is 2.76. The molecule has 0 spiro atoms. The maximum absolute atomic E-state index is 13.1. The first kappa shape index (κ1) is 19.8. The number of morpholine rings is 1. The van der Waals surface area contributed by atoms with Crippen LogP contribution in [-0.4, -0.2) is 63.4 Å². The molecule has 0 saturated carbocycles. The molecule has 2 aliphatic rings. The molecule has 2 N–H and O–H groups in total. The van der Waals surface area contributed by atoms with E-state index in [-0.39, 0.29) is 5.69 Å². The van der Waals surface area contributed by atoms with Crippen molar-refractivity contribution in [3.8, 4) is 0 Å². The van der Waals surface area contributed by atoms with Gasteiger partial charge in [0.25, 0.3) is 0 Å². The molecule has 27 heavy (non-hydrogen) atoms. The van der Waals surface area contributed by atoms with Crippen molar-refractivity contribution in [3.05, 3.63) is 23.8 Å². The Hall–Kier alpha value is -2.00. The lowest BCUT2D eigenvalue weighted by molar-refractivity contribution is -0.137. The first-order chi connectivity index (χ1) is 12.9. The van der Waals surface area contributed by atoms with Crippen molar-refractivity contribution in [1.82, 2.24) is 10.2 Å². The molecule has 0 bridgehead atoms. The van der Waals surface area contributed by atoms with Crippen molar-refractivity contribution in [1.29, 1.82) is 0 Å². The number of rotatable bonds is 5. The van der Waals surface area contributed by atoms with E-state index in [2.05, 4.69) is 15.5 Å². The third-order valence-electron chi connectivity index (χ3n) is 4.84. The van der Waals surface area contributed by atoms with Crippen LogP contribution in [0.3, 0.4) is 0 Å². The average Bonchev–Trinajstić information content (AvgIpc) is 3.16. The Morgan fingerprint density at radius 3 is 2.48 bits per heavy atom. The second-order valence-corrected chi connectivity index (χ2v) is 6.76. The molecule has 0 radical (unpaired) electrons. The Kier molecular flexibility index (Phi) is 6.43. The zero-order chi connectivity index (χ0) is 19.3. The van der Waals surface area contributed by atoms with Crippen LogP contribution in [0.2, 0.25) is 0 Å². The number of urea groups is 1.